The molecular formula is C37H35N3O7. The second-order valence-electron chi connectivity index (χ2n) is 11.9. The van der Waals surface area contributed by atoms with E-state index in [0.717, 1.165) is 28.8 Å². The van der Waals surface area contributed by atoms with Gasteiger partial charge in [0, 0.05) is 37.3 Å². The van der Waals surface area contributed by atoms with Crippen LogP contribution in [0.15, 0.2) is 78.9 Å². The van der Waals surface area contributed by atoms with Gasteiger partial charge in [-0.3, -0.25) is 14.4 Å². The van der Waals surface area contributed by atoms with Gasteiger partial charge in [-0.1, -0.05) is 18.2 Å². The number of aromatic hydroxyl groups is 1. The van der Waals surface area contributed by atoms with Gasteiger partial charge in [0.25, 0.3) is 11.8 Å². The zero-order valence-electron chi connectivity index (χ0n) is 26.0. The van der Waals surface area contributed by atoms with Crippen molar-refractivity contribution in [3.8, 4) is 28.7 Å². The molecule has 0 saturated carbocycles. The molecule has 0 radical (unpaired) electrons. The lowest BCUT2D eigenvalue weighted by atomic mass is 9.87. The highest BCUT2D eigenvalue weighted by atomic mass is 16.5. The number of carbonyl (C=O) groups is 3. The lowest BCUT2D eigenvalue weighted by Gasteiger charge is -2.38. The number of carbonyl (C=O) groups excluding carboxylic acids is 3. The molecule has 1 fully saturated rings. The first-order valence-electron chi connectivity index (χ1n) is 15.8. The van der Waals surface area contributed by atoms with E-state index in [2.05, 4.69) is 5.32 Å². The van der Waals surface area contributed by atoms with E-state index in [9.17, 15) is 19.5 Å². The predicted octanol–water partition coefficient (Wildman–Crippen LogP) is 5.62. The van der Waals surface area contributed by atoms with Gasteiger partial charge in [-0.25, -0.2) is 0 Å². The molecule has 1 atom stereocenters. The summed E-state index contributed by atoms with van der Waals surface area (Å²) in [6, 6.07) is 22.9. The second kappa shape index (κ2) is 12.7. The van der Waals surface area contributed by atoms with Crippen molar-refractivity contribution < 1.29 is 33.7 Å². The maximum absolute atomic E-state index is 14.3. The molecular weight excluding hydrogens is 598 g/mol. The van der Waals surface area contributed by atoms with Crippen LogP contribution in [-0.2, 0) is 11.2 Å². The first-order valence-corrected chi connectivity index (χ1v) is 15.8. The Balaban J connectivity index is 1.30. The molecule has 0 aromatic heterocycles. The summed E-state index contributed by atoms with van der Waals surface area (Å²) in [6.45, 7) is 1.71. The first-order chi connectivity index (χ1) is 22.9. The molecule has 10 heteroatoms. The van der Waals surface area contributed by atoms with Gasteiger partial charge < -0.3 is 34.4 Å². The Morgan fingerprint density at radius 2 is 1.79 bits per heavy atom. The molecule has 240 valence electrons. The third kappa shape index (κ3) is 5.94. The average Bonchev–Trinajstić information content (AvgIpc) is 3.53. The van der Waals surface area contributed by atoms with Crippen molar-refractivity contribution in [1.29, 1.82) is 0 Å². The number of benzene rings is 4. The number of amides is 3. The number of rotatable bonds is 3. The van der Waals surface area contributed by atoms with Gasteiger partial charge in [-0.15, -0.1) is 0 Å². The Kier molecular flexibility index (Phi) is 8.15. The fourth-order valence-electron chi connectivity index (χ4n) is 6.56. The molecule has 4 aromatic carbocycles. The Morgan fingerprint density at radius 1 is 0.936 bits per heavy atom. The van der Waals surface area contributed by atoms with Crippen LogP contribution in [0.25, 0.3) is 0 Å². The normalized spacial score (nSPS) is 17.7. The van der Waals surface area contributed by atoms with E-state index < -0.39 is 11.9 Å². The third-order valence-corrected chi connectivity index (χ3v) is 8.90. The topological polar surface area (TPSA) is 118 Å². The summed E-state index contributed by atoms with van der Waals surface area (Å²) >= 11 is 0. The summed E-state index contributed by atoms with van der Waals surface area (Å²) in [5, 5.41) is 13.2. The Morgan fingerprint density at radius 3 is 2.62 bits per heavy atom. The van der Waals surface area contributed by atoms with Crippen molar-refractivity contribution in [2.45, 2.75) is 31.7 Å². The molecule has 3 amide bonds. The molecule has 4 heterocycles. The summed E-state index contributed by atoms with van der Waals surface area (Å²) in [6.07, 6.45) is 2.41. The van der Waals surface area contributed by atoms with Crippen LogP contribution in [0.5, 0.6) is 28.7 Å². The number of anilines is 1. The Hall–Kier alpha value is -5.51. The summed E-state index contributed by atoms with van der Waals surface area (Å²) in [7, 11) is 1.58. The van der Waals surface area contributed by atoms with Crippen LogP contribution < -0.4 is 24.4 Å². The molecule has 1 saturated heterocycles. The number of fused-ring (bicyclic) bond motifs is 6. The highest BCUT2D eigenvalue weighted by molar-refractivity contribution is 5.99. The monoisotopic (exact) mass is 633 g/mol. The SMILES string of the molecule is COc1ccc2cc1OCCCNC(=O)c1cc(ccc1O)Oc1ccc3c(c1)CCN(C(=O)c1cccc(N4CCCC4=O)c1)C23. The molecule has 1 unspecified atom stereocenters. The summed E-state index contributed by atoms with van der Waals surface area (Å²) in [5.74, 6) is 1.44. The Bertz CT molecular complexity index is 1870. The molecule has 10 nitrogen and oxygen atoms in total. The third-order valence-electron chi connectivity index (χ3n) is 8.90. The number of ether oxygens (including phenoxy) is 3. The largest absolute Gasteiger partial charge is 0.507 e. The van der Waals surface area contributed by atoms with Crippen molar-refractivity contribution in [3.63, 3.8) is 0 Å². The number of hydrogen-bond donors (Lipinski definition) is 2. The summed E-state index contributed by atoms with van der Waals surface area (Å²) in [4.78, 5) is 43.3. The number of phenols is 1. The van der Waals surface area contributed by atoms with Gasteiger partial charge >= 0.3 is 0 Å². The van der Waals surface area contributed by atoms with E-state index in [0.29, 0.717) is 74.1 Å². The number of nitrogens with one attached hydrogen (secondary N) is 1. The van der Waals surface area contributed by atoms with Crippen molar-refractivity contribution in [1.82, 2.24) is 10.2 Å². The molecule has 4 aromatic rings. The number of phenolic OH excluding ortho intramolecular Hbond substituents is 1. The Labute approximate surface area is 272 Å². The van der Waals surface area contributed by atoms with Gasteiger partial charge in [0.1, 0.15) is 17.2 Å². The fourth-order valence-corrected chi connectivity index (χ4v) is 6.56. The van der Waals surface area contributed by atoms with Crippen LogP contribution in [0.4, 0.5) is 5.69 Å². The van der Waals surface area contributed by atoms with Crippen molar-refractivity contribution >= 4 is 23.4 Å². The van der Waals surface area contributed by atoms with Crippen LogP contribution in [0.3, 0.4) is 0 Å². The highest BCUT2D eigenvalue weighted by Crippen LogP contribution is 2.41. The van der Waals surface area contributed by atoms with E-state index in [1.54, 1.807) is 24.1 Å². The van der Waals surface area contributed by atoms with E-state index in [4.69, 9.17) is 14.2 Å². The number of methoxy groups -OCH3 is 1. The number of hydrogen-bond acceptors (Lipinski definition) is 7. The van der Waals surface area contributed by atoms with Gasteiger partial charge in [0.2, 0.25) is 5.91 Å². The first kappa shape index (κ1) is 30.2. The molecule has 8 bridgehead atoms. The second-order valence-corrected chi connectivity index (χ2v) is 11.9. The molecule has 2 N–H and O–H groups in total. The van der Waals surface area contributed by atoms with Crippen LogP contribution >= 0.6 is 0 Å². The summed E-state index contributed by atoms with van der Waals surface area (Å²) < 4.78 is 17.9. The quantitative estimate of drug-likeness (QED) is 0.301. The van der Waals surface area contributed by atoms with Crippen LogP contribution in [0.1, 0.15) is 62.7 Å². The van der Waals surface area contributed by atoms with Crippen LogP contribution in [0, 0.1) is 0 Å². The van der Waals surface area contributed by atoms with Crippen molar-refractivity contribution in [2.75, 3.05) is 38.3 Å². The molecule has 0 aliphatic carbocycles. The van der Waals surface area contributed by atoms with Crippen molar-refractivity contribution in [2.24, 2.45) is 0 Å². The van der Waals surface area contributed by atoms with E-state index in [1.165, 1.54) is 12.1 Å². The molecule has 4 aliphatic rings. The minimum Gasteiger partial charge on any atom is -0.507 e. The summed E-state index contributed by atoms with van der Waals surface area (Å²) in [5.41, 5.74) is 4.18. The van der Waals surface area contributed by atoms with Gasteiger partial charge in [-0.2, -0.15) is 0 Å². The molecule has 8 rings (SSSR count). The maximum Gasteiger partial charge on any atom is 0.255 e. The van der Waals surface area contributed by atoms with Crippen LogP contribution in [0.2, 0.25) is 0 Å². The van der Waals surface area contributed by atoms with Gasteiger partial charge in [0.15, 0.2) is 11.5 Å². The highest BCUT2D eigenvalue weighted by Gasteiger charge is 2.34. The lowest BCUT2D eigenvalue weighted by Crippen LogP contribution is -2.40. The van der Waals surface area contributed by atoms with E-state index >= 15 is 0 Å². The van der Waals surface area contributed by atoms with E-state index in [-0.39, 0.29) is 23.1 Å². The minimum absolute atomic E-state index is 0.0695. The fraction of sp³-hybridized carbons (Fsp3) is 0.270. The van der Waals surface area contributed by atoms with Gasteiger partial charge in [-0.05, 0) is 96.6 Å². The number of nitrogens with zero attached hydrogens (tertiary/aromatic N) is 2. The van der Waals surface area contributed by atoms with Crippen molar-refractivity contribution in [3.05, 3.63) is 107 Å². The smallest absolute Gasteiger partial charge is 0.255 e. The average molecular weight is 634 g/mol. The lowest BCUT2D eigenvalue weighted by molar-refractivity contribution is -0.117. The molecule has 47 heavy (non-hydrogen) atoms. The zero-order chi connectivity index (χ0) is 32.5. The standard InChI is InChI=1S/C37H35N3O7/c1-45-32-13-8-24-21-33(32)46-18-4-15-38-36(43)30-22-28(10-12-31(30)41)47-27-9-11-29-23(20-27)14-17-40(35(24)29)37(44)25-5-2-6-26(19-25)39-16-3-7-34(39)42/h2,5-6,8-13,19-22,35,41H,3-4,7,14-18H2,1H3,(H,38,43). The minimum atomic E-state index is -0.441. The van der Waals surface area contributed by atoms with Crippen LogP contribution in [-0.4, -0.2) is 61.1 Å². The molecule has 0 spiro atoms. The van der Waals surface area contributed by atoms with Gasteiger partial charge in [0.05, 0.1) is 25.3 Å². The van der Waals surface area contributed by atoms with E-state index in [1.807, 2.05) is 59.5 Å². The zero-order valence-corrected chi connectivity index (χ0v) is 26.0. The predicted molar refractivity (Wildman–Crippen MR) is 175 cm³/mol. The molecule has 4 aliphatic heterocycles. The maximum atomic E-state index is 14.3.